The predicted molar refractivity (Wildman–Crippen MR) is 122 cm³/mol. The van der Waals surface area contributed by atoms with Crippen LogP contribution in [0.2, 0.25) is 0 Å². The number of nitrogens with one attached hydrogen (secondary N) is 3. The van der Waals surface area contributed by atoms with E-state index in [1.54, 1.807) is 6.07 Å². The van der Waals surface area contributed by atoms with Crippen LogP contribution in [0.25, 0.3) is 0 Å². The van der Waals surface area contributed by atoms with Gasteiger partial charge in [-0.15, -0.1) is 0 Å². The molecule has 3 N–H and O–H groups in total. The number of urea groups is 2. The number of rotatable bonds is 7. The molecule has 0 saturated heterocycles. The molecule has 0 aliphatic rings. The highest BCUT2D eigenvalue weighted by Gasteiger charge is 2.33. The molecule has 35 heavy (non-hydrogen) atoms. The van der Waals surface area contributed by atoms with Crippen molar-refractivity contribution in [2.24, 2.45) is 0 Å². The topological polar surface area (TPSA) is 73.5 Å². The number of amides is 4. The second-order valence-electron chi connectivity index (χ2n) is 7.32. The molecule has 0 aromatic heterocycles. The number of alkyl halides is 3. The minimum absolute atomic E-state index is 0.00465. The van der Waals surface area contributed by atoms with Gasteiger partial charge in [-0.2, -0.15) is 13.2 Å². The van der Waals surface area contributed by atoms with Gasteiger partial charge in [0.05, 0.1) is 16.9 Å². The lowest BCUT2D eigenvalue weighted by Crippen LogP contribution is -2.38. The number of anilines is 3. The molecule has 0 unspecified atom stereocenters. The van der Waals surface area contributed by atoms with E-state index < -0.39 is 41.1 Å². The van der Waals surface area contributed by atoms with Crippen molar-refractivity contribution in [1.82, 2.24) is 5.32 Å². The molecule has 0 heterocycles. The van der Waals surface area contributed by atoms with Crippen molar-refractivity contribution >= 4 is 29.1 Å². The number of hydrogen-bond acceptors (Lipinski definition) is 2. The van der Waals surface area contributed by atoms with Crippen molar-refractivity contribution in [2.75, 3.05) is 28.6 Å². The van der Waals surface area contributed by atoms with E-state index in [-0.39, 0.29) is 25.2 Å². The van der Waals surface area contributed by atoms with E-state index in [2.05, 4.69) is 16.0 Å². The quantitative estimate of drug-likeness (QED) is 0.270. The van der Waals surface area contributed by atoms with E-state index >= 15 is 0 Å². The minimum Gasteiger partial charge on any atom is -0.338 e. The lowest BCUT2D eigenvalue weighted by molar-refractivity contribution is -0.136. The van der Waals surface area contributed by atoms with Crippen LogP contribution in [0.15, 0.2) is 72.8 Å². The Bertz CT molecular complexity index is 1170. The molecule has 0 aliphatic carbocycles. The number of carbonyl (C=O) groups is 2. The summed E-state index contributed by atoms with van der Waals surface area (Å²) in [5.74, 6) is -1.15. The SMILES string of the molecule is O=C(NCCCN(C(=O)Nc1ccccc1F)c1ccc(F)cc1)Nc1ccccc1C(F)(F)F. The molecular weight excluding hydrogens is 471 g/mol. The highest BCUT2D eigenvalue weighted by atomic mass is 19.4. The van der Waals surface area contributed by atoms with Crippen molar-refractivity contribution in [3.63, 3.8) is 0 Å². The summed E-state index contributed by atoms with van der Waals surface area (Å²) in [6.07, 6.45) is -4.44. The molecule has 0 bridgehead atoms. The van der Waals surface area contributed by atoms with Gasteiger partial charge < -0.3 is 16.0 Å². The maximum absolute atomic E-state index is 13.9. The zero-order valence-corrected chi connectivity index (χ0v) is 18.2. The van der Waals surface area contributed by atoms with E-state index in [4.69, 9.17) is 0 Å². The maximum Gasteiger partial charge on any atom is 0.418 e. The minimum atomic E-state index is -4.63. The second kappa shape index (κ2) is 11.3. The van der Waals surface area contributed by atoms with Gasteiger partial charge in [0.15, 0.2) is 0 Å². The zero-order chi connectivity index (χ0) is 25.4. The first-order valence-corrected chi connectivity index (χ1v) is 10.4. The normalized spacial score (nSPS) is 11.0. The Balaban J connectivity index is 1.61. The molecule has 0 radical (unpaired) electrons. The van der Waals surface area contributed by atoms with Gasteiger partial charge in [-0.25, -0.2) is 18.4 Å². The van der Waals surface area contributed by atoms with Crippen molar-refractivity contribution in [3.8, 4) is 0 Å². The molecule has 6 nitrogen and oxygen atoms in total. The van der Waals surface area contributed by atoms with Crippen molar-refractivity contribution in [2.45, 2.75) is 12.6 Å². The Morgan fingerprint density at radius 3 is 2.09 bits per heavy atom. The Kier molecular flexibility index (Phi) is 8.24. The van der Waals surface area contributed by atoms with Crippen LogP contribution in [0.4, 0.5) is 48.6 Å². The summed E-state index contributed by atoms with van der Waals surface area (Å²) in [7, 11) is 0. The van der Waals surface area contributed by atoms with E-state index in [9.17, 15) is 31.5 Å². The van der Waals surface area contributed by atoms with Crippen LogP contribution in [0.3, 0.4) is 0 Å². The van der Waals surface area contributed by atoms with E-state index in [1.165, 1.54) is 47.4 Å². The number of nitrogens with zero attached hydrogens (tertiary/aromatic N) is 1. The standard InChI is InChI=1S/C24H21F5N4O2/c25-16-10-12-17(13-11-16)33(23(35)32-21-9-4-2-7-19(21)26)15-5-14-30-22(34)31-20-8-3-1-6-18(20)24(27,28)29/h1-4,6-13H,5,14-15H2,(H,32,35)(H2,30,31,34). The molecular formula is C24H21F5N4O2. The van der Waals surface area contributed by atoms with Crippen LogP contribution in [0.1, 0.15) is 12.0 Å². The fourth-order valence-electron chi connectivity index (χ4n) is 3.16. The molecule has 0 fully saturated rings. The number of hydrogen-bond donors (Lipinski definition) is 3. The summed E-state index contributed by atoms with van der Waals surface area (Å²) in [6, 6.07) is 13.6. The van der Waals surface area contributed by atoms with Crippen LogP contribution in [-0.2, 0) is 6.18 Å². The first kappa shape index (κ1) is 25.5. The number of carbonyl (C=O) groups excluding carboxylic acids is 2. The Morgan fingerprint density at radius 2 is 1.43 bits per heavy atom. The summed E-state index contributed by atoms with van der Waals surface area (Å²) in [5, 5.41) is 7.02. The van der Waals surface area contributed by atoms with Gasteiger partial charge in [0.25, 0.3) is 0 Å². The number of para-hydroxylation sites is 2. The van der Waals surface area contributed by atoms with Gasteiger partial charge in [0, 0.05) is 18.8 Å². The van der Waals surface area contributed by atoms with Crippen LogP contribution >= 0.6 is 0 Å². The highest BCUT2D eigenvalue weighted by molar-refractivity contribution is 6.01. The monoisotopic (exact) mass is 492 g/mol. The number of halogens is 5. The Hall–Kier alpha value is -4.15. The summed E-state index contributed by atoms with van der Waals surface area (Å²) in [4.78, 5) is 26.1. The summed E-state index contributed by atoms with van der Waals surface area (Å²) < 4.78 is 66.5. The van der Waals surface area contributed by atoms with Crippen LogP contribution in [0.5, 0.6) is 0 Å². The predicted octanol–water partition coefficient (Wildman–Crippen LogP) is 6.23. The van der Waals surface area contributed by atoms with Gasteiger partial charge in [-0.3, -0.25) is 4.90 Å². The van der Waals surface area contributed by atoms with E-state index in [1.807, 2.05) is 0 Å². The molecule has 0 spiro atoms. The van der Waals surface area contributed by atoms with Gasteiger partial charge in [-0.1, -0.05) is 24.3 Å². The molecule has 0 saturated carbocycles. The third-order valence-electron chi connectivity index (χ3n) is 4.82. The van der Waals surface area contributed by atoms with Gasteiger partial charge in [-0.05, 0) is 55.0 Å². The zero-order valence-electron chi connectivity index (χ0n) is 18.2. The van der Waals surface area contributed by atoms with Crippen LogP contribution in [0, 0.1) is 11.6 Å². The molecule has 184 valence electrons. The lowest BCUT2D eigenvalue weighted by Gasteiger charge is -2.23. The largest absolute Gasteiger partial charge is 0.418 e. The van der Waals surface area contributed by atoms with Crippen molar-refractivity contribution in [3.05, 3.63) is 90.0 Å². The Morgan fingerprint density at radius 1 is 0.800 bits per heavy atom. The maximum atomic E-state index is 13.9. The summed E-state index contributed by atoms with van der Waals surface area (Å²) in [5.41, 5.74) is -1.11. The molecule has 3 aromatic rings. The average molecular weight is 492 g/mol. The summed E-state index contributed by atoms with van der Waals surface area (Å²) >= 11 is 0. The third kappa shape index (κ3) is 7.16. The molecule has 0 atom stereocenters. The smallest absolute Gasteiger partial charge is 0.338 e. The molecule has 0 aliphatic heterocycles. The molecule has 3 aromatic carbocycles. The molecule has 4 amide bonds. The molecule has 3 rings (SSSR count). The second-order valence-corrected chi connectivity index (χ2v) is 7.32. The first-order valence-electron chi connectivity index (χ1n) is 10.4. The summed E-state index contributed by atoms with van der Waals surface area (Å²) in [6.45, 7) is 0.0377. The van der Waals surface area contributed by atoms with Crippen molar-refractivity contribution in [1.29, 1.82) is 0 Å². The van der Waals surface area contributed by atoms with E-state index in [0.29, 0.717) is 5.69 Å². The fourth-order valence-corrected chi connectivity index (χ4v) is 3.16. The van der Waals surface area contributed by atoms with Gasteiger partial charge in [0.2, 0.25) is 0 Å². The van der Waals surface area contributed by atoms with Crippen LogP contribution < -0.4 is 20.9 Å². The van der Waals surface area contributed by atoms with Gasteiger partial charge >= 0.3 is 18.2 Å². The average Bonchev–Trinajstić information content (AvgIpc) is 2.81. The molecule has 11 heteroatoms. The Labute approximate surface area is 197 Å². The highest BCUT2D eigenvalue weighted by Crippen LogP contribution is 2.34. The van der Waals surface area contributed by atoms with Crippen LogP contribution in [-0.4, -0.2) is 25.2 Å². The fraction of sp³-hybridized carbons (Fsp3) is 0.167. The first-order chi connectivity index (χ1) is 16.6. The lowest BCUT2D eigenvalue weighted by atomic mass is 10.1. The number of benzene rings is 3. The third-order valence-corrected chi connectivity index (χ3v) is 4.82. The van der Waals surface area contributed by atoms with Gasteiger partial charge in [0.1, 0.15) is 11.6 Å². The van der Waals surface area contributed by atoms with E-state index in [0.717, 1.165) is 24.3 Å². The van der Waals surface area contributed by atoms with Crippen molar-refractivity contribution < 1.29 is 31.5 Å².